The van der Waals surface area contributed by atoms with Crippen LogP contribution in [0, 0.1) is 0 Å². The summed E-state index contributed by atoms with van der Waals surface area (Å²) in [6, 6.07) is 7.64. The zero-order valence-corrected chi connectivity index (χ0v) is 18.3. The molecule has 0 aliphatic heterocycles. The monoisotopic (exact) mass is 473 g/mol. The molecule has 0 saturated carbocycles. The second kappa shape index (κ2) is 10.9. The quantitative estimate of drug-likeness (QED) is 0.381. The van der Waals surface area contributed by atoms with Gasteiger partial charge in [-0.2, -0.15) is 5.10 Å². The highest BCUT2D eigenvalue weighted by Crippen LogP contribution is 2.26. The van der Waals surface area contributed by atoms with Gasteiger partial charge in [-0.05, 0) is 19.1 Å². The maximum absolute atomic E-state index is 5.96. The molecule has 1 atom stereocenters. The van der Waals surface area contributed by atoms with Crippen molar-refractivity contribution in [2.24, 2.45) is 12.0 Å². The first kappa shape index (κ1) is 22.1. The number of nitrogens with one attached hydrogen (secondary N) is 1. The maximum atomic E-state index is 5.96. The van der Waals surface area contributed by atoms with E-state index in [-0.39, 0.29) is 30.1 Å². The molecule has 26 heavy (non-hydrogen) atoms. The average Bonchev–Trinajstić information content (AvgIpc) is 3.00. The highest BCUT2D eigenvalue weighted by Gasteiger charge is 2.12. The van der Waals surface area contributed by atoms with Crippen molar-refractivity contribution in [2.45, 2.75) is 19.6 Å². The zero-order valence-electron chi connectivity index (χ0n) is 16.0. The van der Waals surface area contributed by atoms with Crippen LogP contribution in [0.15, 0.2) is 41.7 Å². The highest BCUT2D eigenvalue weighted by atomic mass is 127. The van der Waals surface area contributed by atoms with Crippen LogP contribution in [-0.2, 0) is 13.6 Å². The summed E-state index contributed by atoms with van der Waals surface area (Å²) in [6.07, 6.45) is 3.81. The van der Waals surface area contributed by atoms with Crippen LogP contribution in [0.1, 0.15) is 12.5 Å². The Kier molecular flexibility index (Phi) is 9.25. The van der Waals surface area contributed by atoms with Gasteiger partial charge in [0.2, 0.25) is 0 Å². The first-order valence-corrected chi connectivity index (χ1v) is 8.22. The van der Waals surface area contributed by atoms with Crippen LogP contribution in [0.4, 0.5) is 0 Å². The van der Waals surface area contributed by atoms with Crippen molar-refractivity contribution in [1.82, 2.24) is 20.0 Å². The third kappa shape index (κ3) is 6.40. The minimum atomic E-state index is -0.0418. The zero-order chi connectivity index (χ0) is 18.2. The number of aryl methyl sites for hydroxylation is 1. The lowest BCUT2D eigenvalue weighted by molar-refractivity contribution is 0.212. The van der Waals surface area contributed by atoms with E-state index in [9.17, 15) is 0 Å². The number of halogens is 1. The largest absolute Gasteiger partial charge is 0.493 e. The fourth-order valence-electron chi connectivity index (χ4n) is 2.50. The molecule has 1 N–H and O–H groups in total. The van der Waals surface area contributed by atoms with Crippen molar-refractivity contribution < 1.29 is 9.47 Å². The van der Waals surface area contributed by atoms with Crippen LogP contribution >= 0.6 is 24.0 Å². The molecule has 1 unspecified atom stereocenters. The fourth-order valence-corrected chi connectivity index (χ4v) is 2.50. The van der Waals surface area contributed by atoms with E-state index in [1.165, 1.54) is 0 Å². The van der Waals surface area contributed by atoms with Gasteiger partial charge in [-0.1, -0.05) is 12.1 Å². The van der Waals surface area contributed by atoms with Gasteiger partial charge in [-0.25, -0.2) is 0 Å². The Labute approximate surface area is 172 Å². The summed E-state index contributed by atoms with van der Waals surface area (Å²) in [5, 5.41) is 7.53. The number of aromatic nitrogens is 2. The number of rotatable bonds is 7. The number of benzene rings is 1. The molecule has 1 aromatic carbocycles. The second-order valence-electron chi connectivity index (χ2n) is 5.89. The van der Waals surface area contributed by atoms with Crippen LogP contribution in [0.2, 0.25) is 0 Å². The van der Waals surface area contributed by atoms with Gasteiger partial charge in [0.15, 0.2) is 17.5 Å². The minimum Gasteiger partial charge on any atom is -0.493 e. The molecule has 0 amide bonds. The Morgan fingerprint density at radius 2 is 2.04 bits per heavy atom. The third-order valence-corrected chi connectivity index (χ3v) is 3.70. The highest BCUT2D eigenvalue weighted by molar-refractivity contribution is 14.0. The van der Waals surface area contributed by atoms with E-state index in [1.54, 1.807) is 18.8 Å². The number of para-hydroxylation sites is 2. The molecule has 0 saturated heterocycles. The molecule has 0 aliphatic rings. The smallest absolute Gasteiger partial charge is 0.193 e. The summed E-state index contributed by atoms with van der Waals surface area (Å²) in [4.78, 5) is 6.38. The first-order valence-electron chi connectivity index (χ1n) is 8.22. The van der Waals surface area contributed by atoms with Gasteiger partial charge in [0, 0.05) is 39.4 Å². The van der Waals surface area contributed by atoms with E-state index in [1.807, 2.05) is 62.6 Å². The van der Waals surface area contributed by atoms with Crippen LogP contribution in [0.25, 0.3) is 0 Å². The normalized spacial score (nSPS) is 12.1. The fraction of sp³-hybridized carbons (Fsp3) is 0.444. The van der Waals surface area contributed by atoms with Crippen molar-refractivity contribution in [1.29, 1.82) is 0 Å². The van der Waals surface area contributed by atoms with Crippen LogP contribution in [-0.4, -0.2) is 54.5 Å². The number of guanidine groups is 1. The maximum Gasteiger partial charge on any atom is 0.193 e. The van der Waals surface area contributed by atoms with Gasteiger partial charge >= 0.3 is 0 Å². The van der Waals surface area contributed by atoms with Crippen molar-refractivity contribution in [2.75, 3.05) is 27.7 Å². The summed E-state index contributed by atoms with van der Waals surface area (Å²) in [6.45, 7) is 3.37. The van der Waals surface area contributed by atoms with Crippen LogP contribution < -0.4 is 14.8 Å². The summed E-state index contributed by atoms with van der Waals surface area (Å²) in [7, 11) is 7.32. The number of nitrogens with zero attached hydrogens (tertiary/aromatic N) is 4. The first-order chi connectivity index (χ1) is 12.0. The summed E-state index contributed by atoms with van der Waals surface area (Å²) < 4.78 is 13.1. The molecular weight excluding hydrogens is 445 g/mol. The molecule has 1 aromatic heterocycles. The summed E-state index contributed by atoms with van der Waals surface area (Å²) in [5.41, 5.74) is 1.13. The van der Waals surface area contributed by atoms with E-state index in [2.05, 4.69) is 15.4 Å². The number of ether oxygens (including phenoxy) is 2. The van der Waals surface area contributed by atoms with Gasteiger partial charge in [0.25, 0.3) is 0 Å². The number of methoxy groups -OCH3 is 1. The molecule has 144 valence electrons. The van der Waals surface area contributed by atoms with Gasteiger partial charge < -0.3 is 19.7 Å². The SMILES string of the molecule is CN=C(NCC(C)Oc1ccccc1OC)N(C)Cc1cnn(C)c1.I. The van der Waals surface area contributed by atoms with Crippen LogP contribution in [0.5, 0.6) is 11.5 Å². The van der Waals surface area contributed by atoms with Crippen LogP contribution in [0.3, 0.4) is 0 Å². The van der Waals surface area contributed by atoms with Gasteiger partial charge in [-0.3, -0.25) is 9.67 Å². The standard InChI is InChI=1S/C18H27N5O2.HI/c1-14(25-17-9-7-6-8-16(17)24-5)10-20-18(19-2)22(3)12-15-11-21-23(4)13-15;/h6-9,11,13-14H,10,12H2,1-5H3,(H,19,20);1H. The predicted octanol–water partition coefficient (Wildman–Crippen LogP) is 2.52. The Morgan fingerprint density at radius 1 is 1.35 bits per heavy atom. The molecule has 0 radical (unpaired) electrons. The third-order valence-electron chi connectivity index (χ3n) is 3.70. The van der Waals surface area contributed by atoms with Crippen molar-refractivity contribution in [3.63, 3.8) is 0 Å². The molecule has 8 heteroatoms. The molecule has 0 fully saturated rings. The topological polar surface area (TPSA) is 63.9 Å². The molecule has 0 spiro atoms. The molecule has 2 aromatic rings. The lowest BCUT2D eigenvalue weighted by Gasteiger charge is -2.23. The Balaban J connectivity index is 0.00000338. The van der Waals surface area contributed by atoms with E-state index in [0.29, 0.717) is 6.54 Å². The lowest BCUT2D eigenvalue weighted by Crippen LogP contribution is -2.42. The number of hydrogen-bond acceptors (Lipinski definition) is 4. The predicted molar refractivity (Wildman–Crippen MR) is 115 cm³/mol. The lowest BCUT2D eigenvalue weighted by atomic mass is 10.3. The Morgan fingerprint density at radius 3 is 2.62 bits per heavy atom. The average molecular weight is 473 g/mol. The van der Waals surface area contributed by atoms with Gasteiger partial charge in [-0.15, -0.1) is 24.0 Å². The molecule has 0 bridgehead atoms. The van der Waals surface area contributed by atoms with E-state index >= 15 is 0 Å². The molecule has 0 aliphatic carbocycles. The molecule has 2 rings (SSSR count). The molecular formula is C18H28IN5O2. The van der Waals surface area contributed by atoms with Crippen molar-refractivity contribution in [3.8, 4) is 11.5 Å². The van der Waals surface area contributed by atoms with Gasteiger partial charge in [0.05, 0.1) is 19.9 Å². The van der Waals surface area contributed by atoms with Crippen molar-refractivity contribution >= 4 is 29.9 Å². The van der Waals surface area contributed by atoms with E-state index in [4.69, 9.17) is 9.47 Å². The second-order valence-corrected chi connectivity index (χ2v) is 5.89. The molecule has 1 heterocycles. The molecule has 7 nitrogen and oxygen atoms in total. The van der Waals surface area contributed by atoms with E-state index < -0.39 is 0 Å². The minimum absolute atomic E-state index is 0. The summed E-state index contributed by atoms with van der Waals surface area (Å²) >= 11 is 0. The summed E-state index contributed by atoms with van der Waals surface area (Å²) in [5.74, 6) is 2.27. The Bertz CT molecular complexity index is 704. The number of hydrogen-bond donors (Lipinski definition) is 1. The van der Waals surface area contributed by atoms with Crippen molar-refractivity contribution in [3.05, 3.63) is 42.2 Å². The van der Waals surface area contributed by atoms with Gasteiger partial charge in [0.1, 0.15) is 6.10 Å². The van der Waals surface area contributed by atoms with E-state index in [0.717, 1.165) is 29.6 Å². The number of aliphatic imine (C=N–C) groups is 1. The Hall–Kier alpha value is -1.97.